The third-order valence-electron chi connectivity index (χ3n) is 2.93. The summed E-state index contributed by atoms with van der Waals surface area (Å²) in [6.45, 7) is 5.83. The largest absolute Gasteiger partial charge is 0.219 e. The molecule has 1 rings (SSSR count). The van der Waals surface area contributed by atoms with E-state index in [1.807, 2.05) is 6.08 Å². The summed E-state index contributed by atoms with van der Waals surface area (Å²) >= 11 is 0. The van der Waals surface area contributed by atoms with E-state index in [1.54, 1.807) is 36.4 Å². The molecular weight excluding hydrogens is 256 g/mol. The highest BCUT2D eigenvalue weighted by molar-refractivity contribution is 7.95. The number of hydrogen-bond acceptors (Lipinski definition) is 2. The van der Waals surface area contributed by atoms with Crippen LogP contribution in [0.25, 0.3) is 0 Å². The zero-order chi connectivity index (χ0) is 14.1. The first-order chi connectivity index (χ1) is 9.09. The lowest BCUT2D eigenvalue weighted by atomic mass is 10.1. The molecule has 0 fully saturated rings. The van der Waals surface area contributed by atoms with Crippen LogP contribution in [0.15, 0.2) is 58.9 Å². The van der Waals surface area contributed by atoms with Crippen molar-refractivity contribution in [2.45, 2.75) is 43.9 Å². The molecule has 19 heavy (non-hydrogen) atoms. The maximum Gasteiger partial charge on any atom is 0.205 e. The molecule has 0 unspecified atom stereocenters. The van der Waals surface area contributed by atoms with Crippen molar-refractivity contribution in [2.75, 3.05) is 0 Å². The third kappa shape index (κ3) is 5.03. The van der Waals surface area contributed by atoms with Crippen LogP contribution in [-0.4, -0.2) is 8.42 Å². The Morgan fingerprint density at radius 3 is 2.47 bits per heavy atom. The number of hydrogen-bond donors (Lipinski definition) is 0. The van der Waals surface area contributed by atoms with E-state index in [0.29, 0.717) is 4.90 Å². The van der Waals surface area contributed by atoms with Crippen LogP contribution < -0.4 is 0 Å². The summed E-state index contributed by atoms with van der Waals surface area (Å²) < 4.78 is 24.3. The van der Waals surface area contributed by atoms with Crippen molar-refractivity contribution in [3.63, 3.8) is 0 Å². The molecule has 0 atom stereocenters. The van der Waals surface area contributed by atoms with Gasteiger partial charge in [-0.1, -0.05) is 57.0 Å². The van der Waals surface area contributed by atoms with Crippen molar-refractivity contribution in [1.82, 2.24) is 0 Å². The van der Waals surface area contributed by atoms with Crippen LogP contribution in [-0.2, 0) is 9.84 Å². The Labute approximate surface area is 116 Å². The van der Waals surface area contributed by atoms with Gasteiger partial charge in [0.15, 0.2) is 0 Å². The molecule has 0 heterocycles. The maximum absolute atomic E-state index is 12.1. The number of unbranched alkanes of at least 4 members (excludes halogenated alkanes) is 4. The molecule has 0 spiro atoms. The van der Waals surface area contributed by atoms with Crippen molar-refractivity contribution in [3.05, 3.63) is 54.0 Å². The number of rotatable bonds is 8. The van der Waals surface area contributed by atoms with E-state index in [-0.39, 0.29) is 4.91 Å². The molecule has 2 nitrogen and oxygen atoms in total. The van der Waals surface area contributed by atoms with Crippen molar-refractivity contribution in [3.8, 4) is 0 Å². The Kier molecular flexibility index (Phi) is 6.57. The maximum atomic E-state index is 12.1. The fraction of sp³-hybridized carbons (Fsp3) is 0.375. The second kappa shape index (κ2) is 7.95. The summed E-state index contributed by atoms with van der Waals surface area (Å²) in [5, 5.41) is 0. The van der Waals surface area contributed by atoms with Crippen LogP contribution in [0.5, 0.6) is 0 Å². The van der Waals surface area contributed by atoms with Crippen LogP contribution in [0, 0.1) is 0 Å². The van der Waals surface area contributed by atoms with Crippen molar-refractivity contribution in [2.24, 2.45) is 0 Å². The Balaban J connectivity index is 2.56. The minimum Gasteiger partial charge on any atom is -0.219 e. The molecule has 0 aliphatic rings. The second-order valence-electron chi connectivity index (χ2n) is 4.53. The van der Waals surface area contributed by atoms with Crippen molar-refractivity contribution < 1.29 is 8.42 Å². The molecular formula is C16H22O2S. The molecule has 1 aromatic carbocycles. The smallest absolute Gasteiger partial charge is 0.205 e. The Morgan fingerprint density at radius 1 is 1.16 bits per heavy atom. The molecule has 0 bridgehead atoms. The average molecular weight is 278 g/mol. The average Bonchev–Trinajstić information content (AvgIpc) is 2.43. The van der Waals surface area contributed by atoms with Crippen molar-refractivity contribution >= 4 is 9.84 Å². The van der Waals surface area contributed by atoms with Crippen LogP contribution in [0.3, 0.4) is 0 Å². The lowest BCUT2D eigenvalue weighted by Crippen LogP contribution is -2.01. The first-order valence-electron chi connectivity index (χ1n) is 6.74. The molecule has 0 saturated carbocycles. The molecule has 104 valence electrons. The zero-order valence-electron chi connectivity index (χ0n) is 11.5. The second-order valence-corrected chi connectivity index (χ2v) is 6.54. The summed E-state index contributed by atoms with van der Waals surface area (Å²) in [5.74, 6) is 0. The molecule has 0 radical (unpaired) electrons. The minimum atomic E-state index is -3.42. The van der Waals surface area contributed by atoms with Gasteiger partial charge in [-0.05, 0) is 31.1 Å². The molecule has 0 aliphatic heterocycles. The van der Waals surface area contributed by atoms with Crippen LogP contribution in [0.1, 0.15) is 39.0 Å². The Bertz CT molecular complexity index is 513. The highest BCUT2D eigenvalue weighted by Crippen LogP contribution is 2.18. The molecule has 0 aliphatic carbocycles. The minimum absolute atomic E-state index is 0.161. The van der Waals surface area contributed by atoms with Gasteiger partial charge in [-0.15, -0.1) is 0 Å². The predicted molar refractivity (Wildman–Crippen MR) is 80.7 cm³/mol. The summed E-state index contributed by atoms with van der Waals surface area (Å²) in [6, 6.07) is 8.42. The summed E-state index contributed by atoms with van der Waals surface area (Å²) in [7, 11) is -3.42. The van der Waals surface area contributed by atoms with Gasteiger partial charge in [-0.3, -0.25) is 0 Å². The van der Waals surface area contributed by atoms with E-state index in [9.17, 15) is 8.42 Å². The summed E-state index contributed by atoms with van der Waals surface area (Å²) in [6.07, 6.45) is 9.16. The standard InChI is InChI=1S/C16H22O2S/c1-3-4-5-6-7-9-12-15(2)19(17,18)16-13-10-8-11-14-16/h8-14H,2-7H2,1H3/b12-9+. The fourth-order valence-corrected chi connectivity index (χ4v) is 2.84. The molecule has 0 aromatic heterocycles. The third-order valence-corrected chi connectivity index (χ3v) is 4.65. The van der Waals surface area contributed by atoms with Gasteiger partial charge in [0.05, 0.1) is 9.80 Å². The monoisotopic (exact) mass is 278 g/mol. The highest BCUT2D eigenvalue weighted by Gasteiger charge is 2.15. The first kappa shape index (κ1) is 15.7. The molecule has 3 heteroatoms. The van der Waals surface area contributed by atoms with Gasteiger partial charge in [0.25, 0.3) is 0 Å². The molecule has 0 N–H and O–H groups in total. The van der Waals surface area contributed by atoms with E-state index in [4.69, 9.17) is 0 Å². The van der Waals surface area contributed by atoms with E-state index in [0.717, 1.165) is 12.8 Å². The summed E-state index contributed by atoms with van der Waals surface area (Å²) in [5.41, 5.74) is 0. The first-order valence-corrected chi connectivity index (χ1v) is 8.23. The molecule has 1 aromatic rings. The topological polar surface area (TPSA) is 34.1 Å². The molecule has 0 saturated heterocycles. The van der Waals surface area contributed by atoms with Gasteiger partial charge in [-0.25, -0.2) is 8.42 Å². The van der Waals surface area contributed by atoms with E-state index < -0.39 is 9.84 Å². The van der Waals surface area contributed by atoms with Gasteiger partial charge in [0.1, 0.15) is 0 Å². The molecule has 0 amide bonds. The van der Waals surface area contributed by atoms with E-state index in [1.165, 1.54) is 19.3 Å². The lowest BCUT2D eigenvalue weighted by Gasteiger charge is -2.03. The van der Waals surface area contributed by atoms with Crippen LogP contribution >= 0.6 is 0 Å². The van der Waals surface area contributed by atoms with E-state index >= 15 is 0 Å². The van der Waals surface area contributed by atoms with E-state index in [2.05, 4.69) is 13.5 Å². The van der Waals surface area contributed by atoms with Crippen LogP contribution in [0.4, 0.5) is 0 Å². The number of sulfone groups is 1. The van der Waals surface area contributed by atoms with Crippen LogP contribution in [0.2, 0.25) is 0 Å². The summed E-state index contributed by atoms with van der Waals surface area (Å²) in [4.78, 5) is 0.463. The van der Waals surface area contributed by atoms with Gasteiger partial charge in [-0.2, -0.15) is 0 Å². The SMILES string of the molecule is C=C(/C=C/CCCCCC)S(=O)(=O)c1ccccc1. The zero-order valence-corrected chi connectivity index (χ0v) is 12.3. The fourth-order valence-electron chi connectivity index (χ4n) is 1.74. The highest BCUT2D eigenvalue weighted by atomic mass is 32.2. The van der Waals surface area contributed by atoms with Gasteiger partial charge < -0.3 is 0 Å². The predicted octanol–water partition coefficient (Wildman–Crippen LogP) is 4.50. The quantitative estimate of drug-likeness (QED) is 0.518. The lowest BCUT2D eigenvalue weighted by molar-refractivity contribution is 0.603. The van der Waals surface area contributed by atoms with Gasteiger partial charge >= 0.3 is 0 Å². The number of allylic oxidation sites excluding steroid dienone is 2. The number of benzene rings is 1. The normalized spacial score (nSPS) is 11.8. The Hall–Kier alpha value is -1.35. The van der Waals surface area contributed by atoms with Crippen molar-refractivity contribution in [1.29, 1.82) is 0 Å². The Morgan fingerprint density at radius 2 is 1.84 bits per heavy atom. The van der Waals surface area contributed by atoms with Gasteiger partial charge in [0, 0.05) is 0 Å². The van der Waals surface area contributed by atoms with Gasteiger partial charge in [0.2, 0.25) is 9.84 Å².